The molecule has 0 bridgehead atoms. The van der Waals surface area contributed by atoms with Gasteiger partial charge in [-0.3, -0.25) is 9.88 Å². The molecule has 3 rings (SSSR count). The Labute approximate surface area is 206 Å². The summed E-state index contributed by atoms with van der Waals surface area (Å²) in [6.07, 6.45) is -10.6. The molecule has 0 unspecified atom stereocenters. The Morgan fingerprint density at radius 3 is 2.11 bits per heavy atom. The van der Waals surface area contributed by atoms with Crippen LogP contribution in [0.4, 0.5) is 26.3 Å². The molecule has 1 saturated heterocycles. The number of likely N-dealkylation sites (tertiary alicyclic amines) is 1. The maximum absolute atomic E-state index is 14.5. The van der Waals surface area contributed by atoms with Crippen molar-refractivity contribution in [3.63, 3.8) is 0 Å². The first-order valence-corrected chi connectivity index (χ1v) is 11.5. The molecule has 1 fully saturated rings. The van der Waals surface area contributed by atoms with E-state index in [1.54, 1.807) is 56.1 Å². The maximum Gasteiger partial charge on any atom is 0.427 e. The number of alkyl halides is 6. The summed E-state index contributed by atoms with van der Waals surface area (Å²) in [4.78, 5) is 5.91. The van der Waals surface area contributed by atoms with Crippen LogP contribution >= 0.6 is 0 Å². The molecule has 0 spiro atoms. The van der Waals surface area contributed by atoms with Crippen LogP contribution in [0.1, 0.15) is 49.1 Å². The molecule has 1 aromatic carbocycles. The zero-order valence-electron chi connectivity index (χ0n) is 20.6. The lowest BCUT2D eigenvalue weighted by molar-refractivity contribution is -0.409. The first kappa shape index (κ1) is 27.9. The highest BCUT2D eigenvalue weighted by Crippen LogP contribution is 2.61. The summed E-state index contributed by atoms with van der Waals surface area (Å²) in [6, 6.07) is 11.6. The third kappa shape index (κ3) is 4.71. The molecule has 1 aliphatic rings. The fourth-order valence-electron chi connectivity index (χ4n) is 5.37. The molecule has 0 N–H and O–H groups in total. The fraction of sp³-hybridized carbons (Fsp3) is 0.538. The standard InChI is InChI=1S/C26H29F6N3O/c1-18-5-10-21(16-34-18)22(2,3)35-14-13-23(17-35,12-11-19-6-8-20(15-33)9-7-19)24(36-4,25(27,28)29)26(30,31)32/h5-10,16H,11-14,17H2,1-4H3/t23-/m1/s1. The van der Waals surface area contributed by atoms with Crippen molar-refractivity contribution in [1.82, 2.24) is 9.88 Å². The van der Waals surface area contributed by atoms with Gasteiger partial charge < -0.3 is 4.74 Å². The van der Waals surface area contributed by atoms with Gasteiger partial charge in [0.05, 0.1) is 11.6 Å². The van der Waals surface area contributed by atoms with E-state index in [4.69, 9.17) is 5.26 Å². The molecule has 0 amide bonds. The lowest BCUT2D eigenvalue weighted by Gasteiger charge is -2.49. The van der Waals surface area contributed by atoms with Crippen LogP contribution in [0.15, 0.2) is 42.6 Å². The highest BCUT2D eigenvalue weighted by atomic mass is 19.4. The van der Waals surface area contributed by atoms with Crippen LogP contribution in [-0.4, -0.2) is 48.0 Å². The van der Waals surface area contributed by atoms with E-state index in [-0.39, 0.29) is 19.4 Å². The fourth-order valence-corrected chi connectivity index (χ4v) is 5.37. The van der Waals surface area contributed by atoms with E-state index >= 15 is 0 Å². The largest absolute Gasteiger partial charge is 0.427 e. The molecule has 0 radical (unpaired) electrons. The predicted octanol–water partition coefficient (Wildman–Crippen LogP) is 6.33. The van der Waals surface area contributed by atoms with Crippen molar-refractivity contribution in [2.24, 2.45) is 5.41 Å². The number of nitrogens with zero attached hydrogens (tertiary/aromatic N) is 3. The Hall–Kier alpha value is -2.64. The van der Waals surface area contributed by atoms with Gasteiger partial charge in [0.2, 0.25) is 0 Å². The van der Waals surface area contributed by atoms with Gasteiger partial charge in [-0.25, -0.2) is 0 Å². The second-order valence-electron chi connectivity index (χ2n) is 9.89. The van der Waals surface area contributed by atoms with Gasteiger partial charge in [-0.1, -0.05) is 18.2 Å². The highest BCUT2D eigenvalue weighted by Gasteiger charge is 2.81. The molecular weight excluding hydrogens is 484 g/mol. The highest BCUT2D eigenvalue weighted by molar-refractivity contribution is 5.32. The Balaban J connectivity index is 2.07. The first-order valence-electron chi connectivity index (χ1n) is 11.5. The van der Waals surface area contributed by atoms with Crippen LogP contribution in [0, 0.1) is 23.7 Å². The average Bonchev–Trinajstić information content (AvgIpc) is 3.23. The van der Waals surface area contributed by atoms with E-state index in [2.05, 4.69) is 9.72 Å². The molecule has 2 heterocycles. The summed E-state index contributed by atoms with van der Waals surface area (Å²) >= 11 is 0. The molecule has 196 valence electrons. The van der Waals surface area contributed by atoms with Crippen LogP contribution in [-0.2, 0) is 16.7 Å². The zero-order valence-corrected chi connectivity index (χ0v) is 20.6. The van der Waals surface area contributed by atoms with E-state index in [0.29, 0.717) is 23.8 Å². The van der Waals surface area contributed by atoms with E-state index in [9.17, 15) is 26.3 Å². The lowest BCUT2D eigenvalue weighted by Crippen LogP contribution is -2.69. The van der Waals surface area contributed by atoms with Crippen LogP contribution in [0.2, 0.25) is 0 Å². The molecule has 0 aliphatic carbocycles. The van der Waals surface area contributed by atoms with E-state index < -0.39 is 41.9 Å². The van der Waals surface area contributed by atoms with Gasteiger partial charge in [0.1, 0.15) is 0 Å². The summed E-state index contributed by atoms with van der Waals surface area (Å²) in [6.45, 7) is 4.88. The van der Waals surface area contributed by atoms with Crippen molar-refractivity contribution < 1.29 is 31.1 Å². The Kier molecular flexibility index (Phi) is 7.51. The van der Waals surface area contributed by atoms with Crippen molar-refractivity contribution in [3.05, 3.63) is 65.0 Å². The van der Waals surface area contributed by atoms with E-state index in [0.717, 1.165) is 5.69 Å². The second-order valence-corrected chi connectivity index (χ2v) is 9.89. The average molecular weight is 514 g/mol. The van der Waals surface area contributed by atoms with E-state index in [1.165, 1.54) is 12.1 Å². The number of hydrogen-bond donors (Lipinski definition) is 0. The molecule has 2 aromatic rings. The van der Waals surface area contributed by atoms with Crippen LogP contribution < -0.4 is 0 Å². The number of ether oxygens (including phenoxy) is 1. The number of aromatic nitrogens is 1. The molecule has 0 saturated carbocycles. The molecule has 1 aliphatic heterocycles. The number of pyridine rings is 1. The molecule has 1 atom stereocenters. The van der Waals surface area contributed by atoms with Crippen molar-refractivity contribution in [2.75, 3.05) is 20.2 Å². The monoisotopic (exact) mass is 513 g/mol. The summed E-state index contributed by atoms with van der Waals surface area (Å²) in [5.41, 5.74) is -5.18. The summed E-state index contributed by atoms with van der Waals surface area (Å²) in [7, 11) is 0.488. The van der Waals surface area contributed by atoms with Crippen molar-refractivity contribution in [1.29, 1.82) is 5.26 Å². The number of halogens is 6. The minimum atomic E-state index is -5.70. The maximum atomic E-state index is 14.5. The number of benzene rings is 1. The predicted molar refractivity (Wildman–Crippen MR) is 122 cm³/mol. The zero-order chi connectivity index (χ0) is 27.0. The first-order chi connectivity index (χ1) is 16.6. The van der Waals surface area contributed by atoms with Crippen molar-refractivity contribution in [3.8, 4) is 6.07 Å². The number of rotatable bonds is 7. The molecule has 36 heavy (non-hydrogen) atoms. The Morgan fingerprint density at radius 1 is 1.03 bits per heavy atom. The van der Waals surface area contributed by atoms with Crippen molar-refractivity contribution >= 4 is 0 Å². The Bertz CT molecular complexity index is 1070. The molecule has 10 heteroatoms. The normalized spacial score (nSPS) is 19.9. The SMILES string of the molecule is COC(C(F)(F)F)(C(F)(F)F)[C@]1(CCc2ccc(C#N)cc2)CCN(C(C)(C)c2ccc(C)nc2)C1. The topological polar surface area (TPSA) is 49.1 Å². The van der Waals surface area contributed by atoms with Crippen LogP contribution in [0.3, 0.4) is 0 Å². The quantitative estimate of drug-likeness (QED) is 0.406. The van der Waals surface area contributed by atoms with Gasteiger partial charge in [0.25, 0.3) is 5.60 Å². The van der Waals surface area contributed by atoms with E-state index in [1.807, 2.05) is 6.07 Å². The van der Waals surface area contributed by atoms with Gasteiger partial charge in [-0.05, 0) is 75.9 Å². The summed E-state index contributed by atoms with van der Waals surface area (Å²) in [5, 5.41) is 8.98. The summed E-state index contributed by atoms with van der Waals surface area (Å²) in [5.74, 6) is 0. The number of nitriles is 1. The smallest absolute Gasteiger partial charge is 0.361 e. The number of hydrogen-bond acceptors (Lipinski definition) is 4. The van der Waals surface area contributed by atoms with Crippen LogP contribution in [0.5, 0.6) is 0 Å². The third-order valence-electron chi connectivity index (χ3n) is 7.59. The van der Waals surface area contributed by atoms with Crippen molar-refractivity contribution in [2.45, 2.75) is 63.5 Å². The van der Waals surface area contributed by atoms with Gasteiger partial charge in [0.15, 0.2) is 0 Å². The minimum absolute atomic E-state index is 0.0194. The molecular formula is C26H29F6N3O. The third-order valence-corrected chi connectivity index (χ3v) is 7.59. The van der Waals surface area contributed by atoms with Gasteiger partial charge >= 0.3 is 12.4 Å². The van der Waals surface area contributed by atoms with Crippen LogP contribution in [0.25, 0.3) is 0 Å². The lowest BCUT2D eigenvalue weighted by atomic mass is 9.66. The van der Waals surface area contributed by atoms with Gasteiger partial charge in [0, 0.05) is 36.5 Å². The number of methoxy groups -OCH3 is 1. The molecule has 4 nitrogen and oxygen atoms in total. The minimum Gasteiger partial charge on any atom is -0.361 e. The number of aryl methyl sites for hydroxylation is 2. The van der Waals surface area contributed by atoms with Gasteiger partial charge in [-0.2, -0.15) is 31.6 Å². The summed E-state index contributed by atoms with van der Waals surface area (Å²) < 4.78 is 91.4. The second kappa shape index (κ2) is 9.67. The molecule has 1 aromatic heterocycles. The van der Waals surface area contributed by atoms with Gasteiger partial charge in [-0.15, -0.1) is 0 Å². The Morgan fingerprint density at radius 2 is 1.64 bits per heavy atom.